The molecule has 0 spiro atoms. The van der Waals surface area contributed by atoms with Crippen molar-refractivity contribution in [3.8, 4) is 28.2 Å². The van der Waals surface area contributed by atoms with Gasteiger partial charge >= 0.3 is 0 Å². The van der Waals surface area contributed by atoms with E-state index in [0.29, 0.717) is 34.4 Å². The van der Waals surface area contributed by atoms with Gasteiger partial charge in [-0.25, -0.2) is 0 Å². The SMILES string of the molecule is CCCCCCCCCCCCCCNC(=O)c1ccc(-c2c3cc(Cl)c(=O)cc-3oc3cc(O)c(Cl)cc23)cc1. The highest BCUT2D eigenvalue weighted by Gasteiger charge is 2.20. The number of carbonyl (C=O) groups is 1. The summed E-state index contributed by atoms with van der Waals surface area (Å²) in [4.78, 5) is 24.9. The number of carbonyl (C=O) groups excluding carboxylic acids is 1. The van der Waals surface area contributed by atoms with E-state index >= 15 is 0 Å². The molecule has 0 saturated heterocycles. The Labute approximate surface area is 252 Å². The molecule has 218 valence electrons. The topological polar surface area (TPSA) is 79.5 Å². The molecule has 2 N–H and O–H groups in total. The number of aromatic hydroxyl groups is 1. The molecule has 0 saturated carbocycles. The van der Waals surface area contributed by atoms with E-state index in [4.69, 9.17) is 27.6 Å². The number of amides is 1. The van der Waals surface area contributed by atoms with E-state index in [1.165, 1.54) is 76.3 Å². The van der Waals surface area contributed by atoms with Gasteiger partial charge in [-0.05, 0) is 36.2 Å². The largest absolute Gasteiger partial charge is 0.506 e. The average Bonchev–Trinajstić information content (AvgIpc) is 2.96. The maximum absolute atomic E-state index is 12.8. The van der Waals surface area contributed by atoms with Gasteiger partial charge in [0.2, 0.25) is 5.43 Å². The molecule has 1 aliphatic carbocycles. The highest BCUT2D eigenvalue weighted by Crippen LogP contribution is 2.43. The zero-order valence-electron chi connectivity index (χ0n) is 23.7. The van der Waals surface area contributed by atoms with Gasteiger partial charge in [-0.15, -0.1) is 0 Å². The second-order valence-corrected chi connectivity index (χ2v) is 11.6. The lowest BCUT2D eigenvalue weighted by atomic mass is 9.93. The third-order valence-corrected chi connectivity index (χ3v) is 8.19. The van der Waals surface area contributed by atoms with Crippen molar-refractivity contribution in [2.24, 2.45) is 0 Å². The summed E-state index contributed by atoms with van der Waals surface area (Å²) in [5, 5.41) is 14.1. The first kappa shape index (κ1) is 30.9. The van der Waals surface area contributed by atoms with Crippen molar-refractivity contribution >= 4 is 40.1 Å². The Kier molecular flexibility index (Phi) is 11.5. The number of phenols is 1. The molecule has 0 atom stereocenters. The number of hydrogen-bond acceptors (Lipinski definition) is 4. The number of nitrogens with one attached hydrogen (secondary N) is 1. The molecule has 1 aliphatic heterocycles. The Morgan fingerprint density at radius 2 is 1.41 bits per heavy atom. The van der Waals surface area contributed by atoms with Crippen LogP contribution in [0.4, 0.5) is 0 Å². The fourth-order valence-electron chi connectivity index (χ4n) is 5.27. The van der Waals surface area contributed by atoms with E-state index < -0.39 is 0 Å². The molecule has 41 heavy (non-hydrogen) atoms. The van der Waals surface area contributed by atoms with E-state index in [-0.39, 0.29) is 27.1 Å². The Morgan fingerprint density at radius 1 is 0.805 bits per heavy atom. The summed E-state index contributed by atoms with van der Waals surface area (Å²) in [6, 6.07) is 13.2. The summed E-state index contributed by atoms with van der Waals surface area (Å²) in [5.74, 6) is 0.113. The van der Waals surface area contributed by atoms with Gasteiger partial charge in [0.05, 0.1) is 10.0 Å². The van der Waals surface area contributed by atoms with E-state index in [1.54, 1.807) is 24.3 Å². The number of hydrogen-bond donors (Lipinski definition) is 2. The molecule has 0 bridgehead atoms. The molecule has 0 fully saturated rings. The van der Waals surface area contributed by atoms with Crippen LogP contribution in [-0.2, 0) is 0 Å². The monoisotopic (exact) mass is 595 g/mol. The molecule has 4 rings (SSSR count). The predicted octanol–water partition coefficient (Wildman–Crippen LogP) is 10.0. The van der Waals surface area contributed by atoms with Gasteiger partial charge < -0.3 is 14.8 Å². The average molecular weight is 597 g/mol. The molecule has 0 unspecified atom stereocenters. The van der Waals surface area contributed by atoms with Crippen LogP contribution < -0.4 is 10.7 Å². The minimum absolute atomic E-state index is 0.0759. The fraction of sp³-hybridized carbons (Fsp3) is 0.412. The Hall–Kier alpha value is -3.02. The molecule has 2 aliphatic rings. The normalized spacial score (nSPS) is 11.4. The smallest absolute Gasteiger partial charge is 0.251 e. The van der Waals surface area contributed by atoms with Crippen LogP contribution in [-0.4, -0.2) is 17.6 Å². The second-order valence-electron chi connectivity index (χ2n) is 10.8. The lowest BCUT2D eigenvalue weighted by Crippen LogP contribution is -2.24. The van der Waals surface area contributed by atoms with Gasteiger partial charge in [-0.2, -0.15) is 0 Å². The summed E-state index contributed by atoms with van der Waals surface area (Å²) in [6.07, 6.45) is 15.4. The minimum Gasteiger partial charge on any atom is -0.506 e. The number of benzene rings is 3. The first-order valence-corrected chi connectivity index (χ1v) is 15.6. The molecule has 1 heterocycles. The molecule has 0 radical (unpaired) electrons. The highest BCUT2D eigenvalue weighted by molar-refractivity contribution is 6.33. The summed E-state index contributed by atoms with van der Waals surface area (Å²) < 4.78 is 5.91. The molecule has 0 aromatic heterocycles. The number of unbranched alkanes of at least 4 members (excludes halogenated alkanes) is 11. The van der Waals surface area contributed by atoms with Crippen LogP contribution in [0.3, 0.4) is 0 Å². The molecule has 2 aromatic carbocycles. The van der Waals surface area contributed by atoms with E-state index in [9.17, 15) is 14.7 Å². The van der Waals surface area contributed by atoms with Crippen molar-refractivity contribution in [3.05, 3.63) is 74.4 Å². The van der Waals surface area contributed by atoms with Crippen molar-refractivity contribution in [2.45, 2.75) is 84.0 Å². The summed E-state index contributed by atoms with van der Waals surface area (Å²) in [7, 11) is 0. The predicted molar refractivity (Wildman–Crippen MR) is 170 cm³/mol. The van der Waals surface area contributed by atoms with Crippen LogP contribution in [0, 0.1) is 0 Å². The van der Waals surface area contributed by atoms with Gasteiger partial charge in [-0.3, -0.25) is 9.59 Å². The molecular weight excluding hydrogens is 557 g/mol. The van der Waals surface area contributed by atoms with Crippen LogP contribution in [0.5, 0.6) is 5.75 Å². The lowest BCUT2D eigenvalue weighted by Gasteiger charge is -2.16. The minimum atomic E-state index is -0.355. The van der Waals surface area contributed by atoms with Gasteiger partial charge in [0.25, 0.3) is 5.91 Å². The molecular formula is C34H39Cl2NO4. The van der Waals surface area contributed by atoms with Gasteiger partial charge in [-0.1, -0.05) is 113 Å². The second kappa shape index (κ2) is 15.3. The lowest BCUT2D eigenvalue weighted by molar-refractivity contribution is 0.0953. The summed E-state index contributed by atoms with van der Waals surface area (Å²) in [6.45, 7) is 2.91. The maximum atomic E-state index is 12.8. The van der Waals surface area contributed by atoms with Crippen molar-refractivity contribution < 1.29 is 14.3 Å². The van der Waals surface area contributed by atoms with E-state index in [0.717, 1.165) is 24.0 Å². The first-order chi connectivity index (χ1) is 19.9. The zero-order valence-corrected chi connectivity index (χ0v) is 25.3. The van der Waals surface area contributed by atoms with Crippen molar-refractivity contribution in [1.29, 1.82) is 0 Å². The number of fused-ring (bicyclic) bond motifs is 2. The molecule has 2 aromatic rings. The zero-order chi connectivity index (χ0) is 29.2. The third-order valence-electron chi connectivity index (χ3n) is 7.59. The van der Waals surface area contributed by atoms with Crippen LogP contribution in [0.25, 0.3) is 33.4 Å². The molecule has 5 nitrogen and oxygen atoms in total. The number of halogens is 2. The van der Waals surface area contributed by atoms with Crippen LogP contribution in [0.1, 0.15) is 94.3 Å². The third kappa shape index (κ3) is 8.27. The fourth-order valence-corrected chi connectivity index (χ4v) is 5.60. The summed E-state index contributed by atoms with van der Waals surface area (Å²) >= 11 is 12.4. The molecule has 1 amide bonds. The number of phenolic OH excluding ortho intramolecular Hbond substituents is 1. The van der Waals surface area contributed by atoms with Crippen LogP contribution >= 0.6 is 23.2 Å². The Balaban J connectivity index is 1.33. The van der Waals surface area contributed by atoms with E-state index in [2.05, 4.69) is 12.2 Å². The molecule has 7 heteroatoms. The van der Waals surface area contributed by atoms with Gasteiger partial charge in [0, 0.05) is 40.8 Å². The first-order valence-electron chi connectivity index (χ1n) is 14.9. The quantitative estimate of drug-likeness (QED) is 0.106. The van der Waals surface area contributed by atoms with E-state index in [1.807, 2.05) is 12.1 Å². The van der Waals surface area contributed by atoms with Crippen molar-refractivity contribution in [1.82, 2.24) is 5.32 Å². The maximum Gasteiger partial charge on any atom is 0.251 e. The van der Waals surface area contributed by atoms with Gasteiger partial charge in [0.1, 0.15) is 17.1 Å². The number of rotatable bonds is 15. The standard InChI is InChI=1S/C34H39Cl2NO4/c1-2-3-4-5-6-7-8-9-10-11-12-13-18-37-34(40)24-16-14-23(15-17-24)33-25-19-27(35)29(38)21-31(25)41-32-22-30(39)28(36)20-26(32)33/h14-17,19-22,38H,2-13,18H2,1H3,(H,37,40). The van der Waals surface area contributed by atoms with Crippen LogP contribution in [0.2, 0.25) is 10.0 Å². The highest BCUT2D eigenvalue weighted by atomic mass is 35.5. The van der Waals surface area contributed by atoms with Gasteiger partial charge in [0.15, 0.2) is 0 Å². The summed E-state index contributed by atoms with van der Waals surface area (Å²) in [5.41, 5.74) is 2.76. The Morgan fingerprint density at radius 3 is 2.05 bits per heavy atom. The van der Waals surface area contributed by atoms with Crippen molar-refractivity contribution in [3.63, 3.8) is 0 Å². The van der Waals surface area contributed by atoms with Crippen molar-refractivity contribution in [2.75, 3.05) is 6.54 Å². The Bertz CT molecular complexity index is 1480. The van der Waals surface area contributed by atoms with Crippen LogP contribution in [0.15, 0.2) is 57.7 Å².